The maximum Gasteiger partial charge on any atom is 0.257 e. The summed E-state index contributed by atoms with van der Waals surface area (Å²) >= 11 is 5.80. The summed E-state index contributed by atoms with van der Waals surface area (Å²) in [6, 6.07) is 7.86. The summed E-state index contributed by atoms with van der Waals surface area (Å²) in [5.74, 6) is 1.19. The maximum atomic E-state index is 11.8. The van der Waals surface area contributed by atoms with Gasteiger partial charge in [0, 0.05) is 24.2 Å². The molecule has 0 spiro atoms. The van der Waals surface area contributed by atoms with Crippen molar-refractivity contribution in [2.75, 3.05) is 26.2 Å². The Hall–Kier alpha value is -1.26. The van der Waals surface area contributed by atoms with Crippen molar-refractivity contribution in [3.63, 3.8) is 0 Å². The average Bonchev–Trinajstić information content (AvgIpc) is 3.23. The molecule has 0 unspecified atom stereocenters. The number of benzene rings is 1. The second-order valence-corrected chi connectivity index (χ2v) is 6.36. The summed E-state index contributed by atoms with van der Waals surface area (Å²) in [5, 5.41) is 3.63. The molecule has 1 aromatic rings. The highest BCUT2D eigenvalue weighted by atomic mass is 35.5. The number of rotatable bonds is 6. The molecule has 3 rings (SSSR count). The molecule has 1 atom stereocenters. The number of hydrogen-bond acceptors (Lipinski definition) is 3. The second kappa shape index (κ2) is 6.67. The van der Waals surface area contributed by atoms with Crippen LogP contribution in [-0.2, 0) is 4.79 Å². The first-order valence-corrected chi connectivity index (χ1v) is 7.97. The lowest BCUT2D eigenvalue weighted by molar-refractivity contribution is -0.123. The van der Waals surface area contributed by atoms with Crippen LogP contribution in [0.5, 0.6) is 5.75 Å². The van der Waals surface area contributed by atoms with E-state index in [0.717, 1.165) is 19.1 Å². The summed E-state index contributed by atoms with van der Waals surface area (Å²) < 4.78 is 5.43. The van der Waals surface area contributed by atoms with Crippen LogP contribution in [0.4, 0.5) is 0 Å². The van der Waals surface area contributed by atoms with Gasteiger partial charge in [-0.1, -0.05) is 11.6 Å². The highest BCUT2D eigenvalue weighted by Crippen LogP contribution is 2.31. The third-order valence-corrected chi connectivity index (χ3v) is 4.40. The fourth-order valence-corrected chi connectivity index (χ4v) is 2.92. The zero-order valence-corrected chi connectivity index (χ0v) is 12.8. The first-order valence-electron chi connectivity index (χ1n) is 7.60. The van der Waals surface area contributed by atoms with Crippen LogP contribution in [0.3, 0.4) is 0 Å². The van der Waals surface area contributed by atoms with E-state index in [9.17, 15) is 4.79 Å². The second-order valence-electron chi connectivity index (χ2n) is 5.93. The van der Waals surface area contributed by atoms with Gasteiger partial charge in [0.1, 0.15) is 5.75 Å². The Morgan fingerprint density at radius 1 is 1.29 bits per heavy atom. The summed E-state index contributed by atoms with van der Waals surface area (Å²) in [7, 11) is 0. The van der Waals surface area contributed by atoms with E-state index in [1.165, 1.54) is 25.8 Å². The van der Waals surface area contributed by atoms with Gasteiger partial charge in [-0.15, -0.1) is 0 Å². The molecule has 5 heteroatoms. The Balaban J connectivity index is 1.33. The quantitative estimate of drug-likeness (QED) is 0.877. The lowest BCUT2D eigenvalue weighted by atomic mass is 10.1. The molecule has 1 aliphatic carbocycles. The molecule has 4 nitrogen and oxygen atoms in total. The third-order valence-electron chi connectivity index (χ3n) is 4.15. The van der Waals surface area contributed by atoms with E-state index >= 15 is 0 Å². The average molecular weight is 309 g/mol. The summed E-state index contributed by atoms with van der Waals surface area (Å²) in [5.41, 5.74) is 0. The highest BCUT2D eigenvalue weighted by molar-refractivity contribution is 6.30. The van der Waals surface area contributed by atoms with Crippen molar-refractivity contribution in [1.82, 2.24) is 10.2 Å². The Labute approximate surface area is 130 Å². The number of hydrogen-bond donors (Lipinski definition) is 1. The van der Waals surface area contributed by atoms with Gasteiger partial charge >= 0.3 is 0 Å². The van der Waals surface area contributed by atoms with Crippen LogP contribution in [0, 0.1) is 5.92 Å². The fourth-order valence-electron chi connectivity index (χ4n) is 2.79. The minimum Gasteiger partial charge on any atom is -0.484 e. The van der Waals surface area contributed by atoms with E-state index < -0.39 is 0 Å². The monoisotopic (exact) mass is 308 g/mol. The normalized spacial score (nSPS) is 22.2. The Morgan fingerprint density at radius 3 is 2.76 bits per heavy atom. The third kappa shape index (κ3) is 4.35. The van der Waals surface area contributed by atoms with Crippen molar-refractivity contribution in [1.29, 1.82) is 0 Å². The molecule has 1 N–H and O–H groups in total. The molecule has 114 valence electrons. The van der Waals surface area contributed by atoms with Crippen molar-refractivity contribution < 1.29 is 9.53 Å². The van der Waals surface area contributed by atoms with Crippen molar-refractivity contribution in [2.45, 2.75) is 25.3 Å². The highest BCUT2D eigenvalue weighted by Gasteiger charge is 2.34. The maximum absolute atomic E-state index is 11.8. The van der Waals surface area contributed by atoms with Crippen LogP contribution >= 0.6 is 11.6 Å². The minimum atomic E-state index is -0.0604. The van der Waals surface area contributed by atoms with Gasteiger partial charge in [0.15, 0.2) is 6.61 Å². The molecule has 0 radical (unpaired) electrons. The molecule has 2 fully saturated rings. The standard InChI is InChI=1S/C16H21ClN2O2/c17-13-1-5-15(6-2-13)21-11-16(20)18-9-12-7-8-19(10-12)14-3-4-14/h1-2,5-6,12,14H,3-4,7-11H2,(H,18,20)/t12-/m1/s1. The lowest BCUT2D eigenvalue weighted by Gasteiger charge is -2.15. The number of amides is 1. The van der Waals surface area contributed by atoms with Crippen molar-refractivity contribution >= 4 is 17.5 Å². The Bertz CT molecular complexity index is 488. The van der Waals surface area contributed by atoms with Crippen LogP contribution in [-0.4, -0.2) is 43.1 Å². The molecule has 0 aromatic heterocycles. The van der Waals surface area contributed by atoms with E-state index in [1.807, 2.05) is 0 Å². The van der Waals surface area contributed by atoms with Gasteiger partial charge in [-0.2, -0.15) is 0 Å². The van der Waals surface area contributed by atoms with Crippen molar-refractivity contribution in [3.8, 4) is 5.75 Å². The SMILES string of the molecule is O=C(COc1ccc(Cl)cc1)NC[C@H]1CCN(C2CC2)C1. The molecule has 21 heavy (non-hydrogen) atoms. The van der Waals surface area contributed by atoms with E-state index in [-0.39, 0.29) is 12.5 Å². The van der Waals surface area contributed by atoms with Crippen LogP contribution in [0.25, 0.3) is 0 Å². The van der Waals surface area contributed by atoms with Crippen molar-refractivity contribution in [3.05, 3.63) is 29.3 Å². The molecule has 1 aliphatic heterocycles. The predicted octanol–water partition coefficient (Wildman–Crippen LogP) is 2.32. The smallest absolute Gasteiger partial charge is 0.257 e. The number of ether oxygens (including phenoxy) is 1. The van der Waals surface area contributed by atoms with Crippen LogP contribution in [0.2, 0.25) is 5.02 Å². The van der Waals surface area contributed by atoms with Gasteiger partial charge in [-0.3, -0.25) is 4.79 Å². The molecule has 1 saturated heterocycles. The molecule has 1 heterocycles. The minimum absolute atomic E-state index is 0.0562. The number of nitrogens with zero attached hydrogens (tertiary/aromatic N) is 1. The number of halogens is 1. The van der Waals surface area contributed by atoms with E-state index in [4.69, 9.17) is 16.3 Å². The number of carbonyl (C=O) groups excluding carboxylic acids is 1. The van der Waals surface area contributed by atoms with Gasteiger partial charge in [0.2, 0.25) is 0 Å². The zero-order valence-electron chi connectivity index (χ0n) is 12.1. The first-order chi connectivity index (χ1) is 10.2. The summed E-state index contributed by atoms with van der Waals surface area (Å²) in [6.07, 6.45) is 3.90. The summed E-state index contributed by atoms with van der Waals surface area (Å²) in [6.45, 7) is 3.13. The van der Waals surface area contributed by atoms with Crippen LogP contribution in [0.15, 0.2) is 24.3 Å². The molecule has 1 aromatic carbocycles. The molecular formula is C16H21ClN2O2. The molecule has 2 aliphatic rings. The summed E-state index contributed by atoms with van der Waals surface area (Å²) in [4.78, 5) is 14.3. The fraction of sp³-hybridized carbons (Fsp3) is 0.562. The molecule has 1 saturated carbocycles. The van der Waals surface area contributed by atoms with Gasteiger partial charge in [-0.25, -0.2) is 0 Å². The van der Waals surface area contributed by atoms with E-state index in [0.29, 0.717) is 16.7 Å². The topological polar surface area (TPSA) is 41.6 Å². The van der Waals surface area contributed by atoms with E-state index in [2.05, 4.69) is 10.2 Å². The van der Waals surface area contributed by atoms with Crippen molar-refractivity contribution in [2.24, 2.45) is 5.92 Å². The molecule has 0 bridgehead atoms. The van der Waals surface area contributed by atoms with Crippen LogP contribution in [0.1, 0.15) is 19.3 Å². The van der Waals surface area contributed by atoms with Crippen LogP contribution < -0.4 is 10.1 Å². The largest absolute Gasteiger partial charge is 0.484 e. The number of likely N-dealkylation sites (tertiary alicyclic amines) is 1. The number of carbonyl (C=O) groups is 1. The Morgan fingerprint density at radius 2 is 2.05 bits per heavy atom. The molecule has 1 amide bonds. The van der Waals surface area contributed by atoms with Gasteiger partial charge in [-0.05, 0) is 56.0 Å². The van der Waals surface area contributed by atoms with Gasteiger partial charge in [0.25, 0.3) is 5.91 Å². The first kappa shape index (κ1) is 14.7. The lowest BCUT2D eigenvalue weighted by Crippen LogP contribution is -2.34. The molecular weight excluding hydrogens is 288 g/mol. The number of nitrogens with one attached hydrogen (secondary N) is 1. The van der Waals surface area contributed by atoms with Gasteiger partial charge in [0.05, 0.1) is 0 Å². The van der Waals surface area contributed by atoms with Gasteiger partial charge < -0.3 is 15.0 Å². The Kier molecular flexibility index (Phi) is 4.66. The predicted molar refractivity (Wildman–Crippen MR) is 82.7 cm³/mol. The van der Waals surface area contributed by atoms with E-state index in [1.54, 1.807) is 24.3 Å². The zero-order chi connectivity index (χ0) is 14.7.